The fourth-order valence-electron chi connectivity index (χ4n) is 1.65. The normalized spacial score (nSPS) is 10.7. The van der Waals surface area contributed by atoms with Crippen LogP contribution in [-0.2, 0) is 9.53 Å². The quantitative estimate of drug-likeness (QED) is 0.608. The number of hydrogen-bond donors (Lipinski definition) is 0. The maximum Gasteiger partial charge on any atom is 0.330 e. The Balaban J connectivity index is 2.26. The summed E-state index contributed by atoms with van der Waals surface area (Å²) in [6, 6.07) is 11.4. The van der Waals surface area contributed by atoms with Crippen LogP contribution in [0.3, 0.4) is 0 Å². The number of hydrogen-bond acceptors (Lipinski definition) is 3. The highest BCUT2D eigenvalue weighted by Crippen LogP contribution is 2.24. The first-order valence-corrected chi connectivity index (χ1v) is 5.79. The van der Waals surface area contributed by atoms with Crippen molar-refractivity contribution in [2.75, 3.05) is 6.61 Å². The lowest BCUT2D eigenvalue weighted by Crippen LogP contribution is -1.98. The molecule has 0 unspecified atom stereocenters. The molecule has 1 aromatic heterocycles. The van der Waals surface area contributed by atoms with Gasteiger partial charge in [0.2, 0.25) is 0 Å². The van der Waals surface area contributed by atoms with Crippen molar-refractivity contribution in [2.45, 2.75) is 6.92 Å². The highest BCUT2D eigenvalue weighted by molar-refractivity contribution is 5.88. The van der Waals surface area contributed by atoms with Crippen LogP contribution in [0.2, 0.25) is 0 Å². The monoisotopic (exact) mass is 242 g/mol. The molecule has 0 N–H and O–H groups in total. The summed E-state index contributed by atoms with van der Waals surface area (Å²) in [7, 11) is 0. The van der Waals surface area contributed by atoms with Gasteiger partial charge in [0.25, 0.3) is 0 Å². The molecule has 2 rings (SSSR count). The van der Waals surface area contributed by atoms with Crippen LogP contribution in [0.25, 0.3) is 17.4 Å². The predicted molar refractivity (Wildman–Crippen MR) is 69.8 cm³/mol. The van der Waals surface area contributed by atoms with E-state index in [1.54, 1.807) is 19.3 Å². The Bertz CT molecular complexity index is 539. The van der Waals surface area contributed by atoms with Crippen LogP contribution >= 0.6 is 0 Å². The number of carbonyl (C=O) groups excluding carboxylic acids is 1. The molecule has 1 aromatic carbocycles. The first kappa shape index (κ1) is 12.2. The van der Waals surface area contributed by atoms with Gasteiger partial charge in [-0.05, 0) is 30.7 Å². The minimum Gasteiger partial charge on any atom is -0.464 e. The van der Waals surface area contributed by atoms with Gasteiger partial charge in [-0.3, -0.25) is 0 Å². The molecule has 0 aliphatic heterocycles. The van der Waals surface area contributed by atoms with E-state index in [-0.39, 0.29) is 5.97 Å². The third-order valence-corrected chi connectivity index (χ3v) is 2.43. The summed E-state index contributed by atoms with van der Waals surface area (Å²) in [4.78, 5) is 11.3. The topological polar surface area (TPSA) is 39.4 Å². The first-order valence-electron chi connectivity index (χ1n) is 5.79. The summed E-state index contributed by atoms with van der Waals surface area (Å²) in [5, 5.41) is 0. The van der Waals surface area contributed by atoms with Gasteiger partial charge in [0.15, 0.2) is 0 Å². The first-order chi connectivity index (χ1) is 8.81. The van der Waals surface area contributed by atoms with Crippen molar-refractivity contribution in [1.82, 2.24) is 0 Å². The number of esters is 1. The minimum atomic E-state index is -0.341. The molecule has 3 heteroatoms. The van der Waals surface area contributed by atoms with E-state index in [9.17, 15) is 4.79 Å². The Hall–Kier alpha value is -2.29. The van der Waals surface area contributed by atoms with E-state index < -0.39 is 0 Å². The van der Waals surface area contributed by atoms with Crippen molar-refractivity contribution in [1.29, 1.82) is 0 Å². The summed E-state index contributed by atoms with van der Waals surface area (Å²) in [6.07, 6.45) is 4.78. The number of furan rings is 1. The second kappa shape index (κ2) is 5.87. The molecular formula is C15H14O3. The number of benzene rings is 1. The molecule has 3 nitrogen and oxygen atoms in total. The molecule has 0 fully saturated rings. The Morgan fingerprint density at radius 2 is 2.11 bits per heavy atom. The predicted octanol–water partition coefficient (Wildman–Crippen LogP) is 3.52. The highest BCUT2D eigenvalue weighted by atomic mass is 16.5. The van der Waals surface area contributed by atoms with Crippen molar-refractivity contribution in [3.05, 3.63) is 54.3 Å². The van der Waals surface area contributed by atoms with E-state index in [1.807, 2.05) is 36.4 Å². The van der Waals surface area contributed by atoms with E-state index >= 15 is 0 Å². The molecule has 1 heterocycles. The minimum absolute atomic E-state index is 0.341. The zero-order chi connectivity index (χ0) is 12.8. The molecule has 0 spiro atoms. The van der Waals surface area contributed by atoms with E-state index in [0.717, 1.165) is 16.9 Å². The second-order valence-electron chi connectivity index (χ2n) is 3.65. The number of ether oxygens (including phenoxy) is 1. The molecule has 0 bridgehead atoms. The Morgan fingerprint density at radius 1 is 1.28 bits per heavy atom. The molecule has 0 aliphatic carbocycles. The summed E-state index contributed by atoms with van der Waals surface area (Å²) in [6.45, 7) is 2.16. The van der Waals surface area contributed by atoms with Gasteiger partial charge in [-0.2, -0.15) is 0 Å². The molecular weight excluding hydrogens is 228 g/mol. The van der Waals surface area contributed by atoms with Crippen LogP contribution < -0.4 is 0 Å². The van der Waals surface area contributed by atoms with Gasteiger partial charge in [-0.25, -0.2) is 4.79 Å². The largest absolute Gasteiger partial charge is 0.464 e. The summed E-state index contributed by atoms with van der Waals surface area (Å²) >= 11 is 0. The third-order valence-electron chi connectivity index (χ3n) is 2.43. The van der Waals surface area contributed by atoms with Crippen LogP contribution in [-0.4, -0.2) is 12.6 Å². The SMILES string of the molecule is CCOC(=O)/C=C/c1ccccc1-c1ccco1. The maximum atomic E-state index is 11.3. The Kier molecular flexibility index (Phi) is 3.97. The van der Waals surface area contributed by atoms with Crippen LogP contribution in [0.1, 0.15) is 12.5 Å². The van der Waals surface area contributed by atoms with Crippen molar-refractivity contribution in [3.63, 3.8) is 0 Å². The molecule has 0 radical (unpaired) electrons. The average molecular weight is 242 g/mol. The third kappa shape index (κ3) is 2.88. The van der Waals surface area contributed by atoms with Crippen LogP contribution in [0.15, 0.2) is 53.2 Å². The Morgan fingerprint density at radius 3 is 2.83 bits per heavy atom. The molecule has 0 atom stereocenters. The summed E-state index contributed by atoms with van der Waals surface area (Å²) in [5.41, 5.74) is 1.86. The number of carbonyl (C=O) groups is 1. The zero-order valence-corrected chi connectivity index (χ0v) is 10.1. The molecule has 92 valence electrons. The maximum absolute atomic E-state index is 11.3. The van der Waals surface area contributed by atoms with Crippen LogP contribution in [0.4, 0.5) is 0 Å². The summed E-state index contributed by atoms with van der Waals surface area (Å²) < 4.78 is 10.2. The molecule has 18 heavy (non-hydrogen) atoms. The fourth-order valence-corrected chi connectivity index (χ4v) is 1.65. The van der Waals surface area contributed by atoms with Crippen molar-refractivity contribution >= 4 is 12.0 Å². The van der Waals surface area contributed by atoms with Gasteiger partial charge in [-0.15, -0.1) is 0 Å². The van der Waals surface area contributed by atoms with Gasteiger partial charge in [0.05, 0.1) is 12.9 Å². The summed E-state index contributed by atoms with van der Waals surface area (Å²) in [5.74, 6) is 0.436. The lowest BCUT2D eigenvalue weighted by Gasteiger charge is -2.02. The second-order valence-corrected chi connectivity index (χ2v) is 3.65. The lowest BCUT2D eigenvalue weighted by molar-refractivity contribution is -0.137. The van der Waals surface area contributed by atoms with Crippen molar-refractivity contribution < 1.29 is 13.9 Å². The highest BCUT2D eigenvalue weighted by Gasteiger charge is 2.04. The van der Waals surface area contributed by atoms with Crippen LogP contribution in [0.5, 0.6) is 0 Å². The van der Waals surface area contributed by atoms with E-state index in [0.29, 0.717) is 6.61 Å². The Labute approximate surface area is 106 Å². The smallest absolute Gasteiger partial charge is 0.330 e. The average Bonchev–Trinajstić information content (AvgIpc) is 2.91. The van der Waals surface area contributed by atoms with Gasteiger partial charge < -0.3 is 9.15 Å². The molecule has 0 saturated carbocycles. The van der Waals surface area contributed by atoms with E-state index in [2.05, 4.69) is 0 Å². The van der Waals surface area contributed by atoms with Gasteiger partial charge in [0, 0.05) is 11.6 Å². The van der Waals surface area contributed by atoms with Crippen molar-refractivity contribution in [3.8, 4) is 11.3 Å². The molecule has 0 amide bonds. The van der Waals surface area contributed by atoms with Gasteiger partial charge in [0.1, 0.15) is 5.76 Å². The molecule has 2 aromatic rings. The zero-order valence-electron chi connectivity index (χ0n) is 10.1. The lowest BCUT2D eigenvalue weighted by atomic mass is 10.1. The van der Waals surface area contributed by atoms with Gasteiger partial charge >= 0.3 is 5.97 Å². The standard InChI is InChI=1S/C15H14O3/c1-2-17-15(16)10-9-12-6-3-4-7-13(12)14-8-5-11-18-14/h3-11H,2H2,1H3/b10-9+. The van der Waals surface area contributed by atoms with Crippen LogP contribution in [0, 0.1) is 0 Å². The van der Waals surface area contributed by atoms with Crippen molar-refractivity contribution in [2.24, 2.45) is 0 Å². The molecule has 0 aliphatic rings. The van der Waals surface area contributed by atoms with E-state index in [4.69, 9.17) is 9.15 Å². The number of rotatable bonds is 4. The van der Waals surface area contributed by atoms with E-state index in [1.165, 1.54) is 6.08 Å². The fraction of sp³-hybridized carbons (Fsp3) is 0.133. The van der Waals surface area contributed by atoms with Gasteiger partial charge in [-0.1, -0.05) is 24.3 Å². The molecule has 0 saturated heterocycles.